The van der Waals surface area contributed by atoms with E-state index in [1.54, 1.807) is 35.7 Å². The smallest absolute Gasteiger partial charge is 0.242 e. The van der Waals surface area contributed by atoms with Crippen molar-refractivity contribution in [3.8, 4) is 0 Å². The standard InChI is InChI=1S/C26H31Cl3N2O2S/c1-18(26(33)30-22-6-3-2-4-7-22)31(17-19-9-10-21(28)16-24(19)29)25(32)8-5-15-34-23-13-11-20(27)12-14-23/h9-14,16,18,22H,2-8,15,17H2,1H3,(H,30,33)/t18-/m1/s1. The largest absolute Gasteiger partial charge is 0.352 e. The monoisotopic (exact) mass is 540 g/mol. The van der Waals surface area contributed by atoms with Crippen LogP contribution in [0.3, 0.4) is 0 Å². The molecule has 2 aromatic rings. The highest BCUT2D eigenvalue weighted by atomic mass is 35.5. The molecule has 3 rings (SSSR count). The maximum absolute atomic E-state index is 13.3. The van der Waals surface area contributed by atoms with E-state index in [0.29, 0.717) is 27.9 Å². The summed E-state index contributed by atoms with van der Waals surface area (Å²) in [6.07, 6.45) is 6.53. The molecule has 0 saturated heterocycles. The molecule has 1 fully saturated rings. The first-order valence-electron chi connectivity index (χ1n) is 11.8. The van der Waals surface area contributed by atoms with Crippen molar-refractivity contribution in [1.82, 2.24) is 10.2 Å². The van der Waals surface area contributed by atoms with E-state index in [1.807, 2.05) is 30.3 Å². The molecule has 0 aliphatic heterocycles. The van der Waals surface area contributed by atoms with Crippen LogP contribution in [-0.4, -0.2) is 34.6 Å². The Morgan fingerprint density at radius 2 is 1.71 bits per heavy atom. The fourth-order valence-electron chi connectivity index (χ4n) is 4.07. The number of halogens is 3. The van der Waals surface area contributed by atoms with E-state index >= 15 is 0 Å². The van der Waals surface area contributed by atoms with Crippen LogP contribution in [0.1, 0.15) is 57.4 Å². The summed E-state index contributed by atoms with van der Waals surface area (Å²) in [7, 11) is 0. The molecule has 1 saturated carbocycles. The Morgan fingerprint density at radius 1 is 1.03 bits per heavy atom. The Bertz CT molecular complexity index is 965. The zero-order valence-electron chi connectivity index (χ0n) is 19.4. The van der Waals surface area contributed by atoms with Crippen LogP contribution in [0.25, 0.3) is 0 Å². The molecule has 1 N–H and O–H groups in total. The number of thioether (sulfide) groups is 1. The predicted octanol–water partition coefficient (Wildman–Crippen LogP) is 7.39. The zero-order valence-corrected chi connectivity index (χ0v) is 22.5. The quantitative estimate of drug-likeness (QED) is 0.252. The first kappa shape index (κ1) is 27.2. The third-order valence-corrected chi connectivity index (χ3v) is 8.03. The molecule has 0 heterocycles. The Labute approximate surface area is 221 Å². The summed E-state index contributed by atoms with van der Waals surface area (Å²) in [4.78, 5) is 29.1. The van der Waals surface area contributed by atoms with Crippen LogP contribution in [0.15, 0.2) is 47.4 Å². The molecule has 0 spiro atoms. The molecule has 2 amide bonds. The van der Waals surface area contributed by atoms with Crippen LogP contribution < -0.4 is 5.32 Å². The normalized spacial score (nSPS) is 15.1. The lowest BCUT2D eigenvalue weighted by atomic mass is 9.95. The average Bonchev–Trinajstić information content (AvgIpc) is 2.82. The van der Waals surface area contributed by atoms with Gasteiger partial charge in [0.05, 0.1) is 0 Å². The molecule has 34 heavy (non-hydrogen) atoms. The SMILES string of the molecule is C[C@H](C(=O)NC1CCCCC1)N(Cc1ccc(Cl)cc1Cl)C(=O)CCCSc1ccc(Cl)cc1. The van der Waals surface area contributed by atoms with Crippen LogP contribution in [0.4, 0.5) is 0 Å². The van der Waals surface area contributed by atoms with Gasteiger partial charge in [0.2, 0.25) is 11.8 Å². The number of carbonyl (C=O) groups excluding carboxylic acids is 2. The molecule has 0 radical (unpaired) electrons. The van der Waals surface area contributed by atoms with Gasteiger partial charge in [-0.25, -0.2) is 0 Å². The van der Waals surface area contributed by atoms with E-state index in [0.717, 1.165) is 41.9 Å². The number of amides is 2. The first-order chi connectivity index (χ1) is 16.3. The van der Waals surface area contributed by atoms with Crippen molar-refractivity contribution < 1.29 is 9.59 Å². The molecule has 8 heteroatoms. The Balaban J connectivity index is 1.63. The van der Waals surface area contributed by atoms with Gasteiger partial charge in [0.1, 0.15) is 6.04 Å². The van der Waals surface area contributed by atoms with Gasteiger partial charge >= 0.3 is 0 Å². The summed E-state index contributed by atoms with van der Waals surface area (Å²) in [6, 6.07) is 12.5. The van der Waals surface area contributed by atoms with E-state index in [2.05, 4.69) is 5.32 Å². The summed E-state index contributed by atoms with van der Waals surface area (Å²) < 4.78 is 0. The lowest BCUT2D eigenvalue weighted by Gasteiger charge is -2.31. The summed E-state index contributed by atoms with van der Waals surface area (Å²) in [5.41, 5.74) is 0.771. The van der Waals surface area contributed by atoms with Crippen LogP contribution in [-0.2, 0) is 16.1 Å². The second-order valence-electron chi connectivity index (χ2n) is 8.68. The van der Waals surface area contributed by atoms with Gasteiger partial charge in [0.25, 0.3) is 0 Å². The minimum Gasteiger partial charge on any atom is -0.352 e. The van der Waals surface area contributed by atoms with Crippen molar-refractivity contribution >= 4 is 58.4 Å². The highest BCUT2D eigenvalue weighted by Crippen LogP contribution is 2.25. The molecule has 1 aliphatic carbocycles. The molecule has 0 aromatic heterocycles. The van der Waals surface area contributed by atoms with Gasteiger partial charge in [0, 0.05) is 39.0 Å². The molecule has 2 aromatic carbocycles. The van der Waals surface area contributed by atoms with Crippen LogP contribution >= 0.6 is 46.6 Å². The Hall–Kier alpha value is -1.40. The minimum atomic E-state index is -0.593. The van der Waals surface area contributed by atoms with Gasteiger partial charge in [-0.2, -0.15) is 0 Å². The van der Waals surface area contributed by atoms with Crippen molar-refractivity contribution in [2.75, 3.05) is 5.75 Å². The van der Waals surface area contributed by atoms with Gasteiger partial charge in [-0.05, 0) is 73.9 Å². The van der Waals surface area contributed by atoms with Crippen LogP contribution in [0, 0.1) is 0 Å². The molecule has 1 atom stereocenters. The molecular weight excluding hydrogens is 511 g/mol. The average molecular weight is 542 g/mol. The molecule has 0 bridgehead atoms. The summed E-state index contributed by atoms with van der Waals surface area (Å²) in [6.45, 7) is 2.06. The highest BCUT2D eigenvalue weighted by Gasteiger charge is 2.28. The van der Waals surface area contributed by atoms with Crippen LogP contribution in [0.2, 0.25) is 15.1 Å². The van der Waals surface area contributed by atoms with Gasteiger partial charge < -0.3 is 10.2 Å². The number of hydrogen-bond donors (Lipinski definition) is 1. The third-order valence-electron chi connectivity index (χ3n) is 6.09. The maximum atomic E-state index is 13.3. The predicted molar refractivity (Wildman–Crippen MR) is 143 cm³/mol. The number of carbonyl (C=O) groups is 2. The molecule has 4 nitrogen and oxygen atoms in total. The zero-order chi connectivity index (χ0) is 24.5. The number of rotatable bonds is 10. The molecule has 1 aliphatic rings. The van der Waals surface area contributed by atoms with Crippen molar-refractivity contribution in [3.05, 3.63) is 63.1 Å². The van der Waals surface area contributed by atoms with Crippen LogP contribution in [0.5, 0.6) is 0 Å². The Kier molecular flexibility index (Phi) is 10.9. The van der Waals surface area contributed by atoms with Crippen molar-refractivity contribution in [1.29, 1.82) is 0 Å². The number of nitrogens with zero attached hydrogens (tertiary/aromatic N) is 1. The molecule has 184 valence electrons. The molecule has 0 unspecified atom stereocenters. The lowest BCUT2D eigenvalue weighted by molar-refractivity contribution is -0.141. The van der Waals surface area contributed by atoms with E-state index in [4.69, 9.17) is 34.8 Å². The van der Waals surface area contributed by atoms with Gasteiger partial charge in [0.15, 0.2) is 0 Å². The minimum absolute atomic E-state index is 0.0611. The molecular formula is C26H31Cl3N2O2S. The van der Waals surface area contributed by atoms with E-state index in [-0.39, 0.29) is 24.4 Å². The lowest BCUT2D eigenvalue weighted by Crippen LogP contribution is -2.50. The number of benzene rings is 2. The summed E-state index contributed by atoms with van der Waals surface area (Å²) in [5.74, 6) is 0.626. The van der Waals surface area contributed by atoms with Gasteiger partial charge in [-0.3, -0.25) is 9.59 Å². The highest BCUT2D eigenvalue weighted by molar-refractivity contribution is 7.99. The first-order valence-corrected chi connectivity index (χ1v) is 13.9. The third kappa shape index (κ3) is 8.37. The van der Waals surface area contributed by atoms with Crippen molar-refractivity contribution in [2.45, 2.75) is 75.4 Å². The van der Waals surface area contributed by atoms with E-state index < -0.39 is 6.04 Å². The fraction of sp³-hybridized carbons (Fsp3) is 0.462. The number of hydrogen-bond acceptors (Lipinski definition) is 3. The van der Waals surface area contributed by atoms with E-state index in [9.17, 15) is 9.59 Å². The van der Waals surface area contributed by atoms with Gasteiger partial charge in [-0.15, -0.1) is 11.8 Å². The second-order valence-corrected chi connectivity index (χ2v) is 11.1. The number of nitrogens with one attached hydrogen (secondary N) is 1. The maximum Gasteiger partial charge on any atom is 0.242 e. The van der Waals surface area contributed by atoms with Crippen molar-refractivity contribution in [2.24, 2.45) is 0 Å². The topological polar surface area (TPSA) is 49.4 Å². The van der Waals surface area contributed by atoms with Crippen molar-refractivity contribution in [3.63, 3.8) is 0 Å². The van der Waals surface area contributed by atoms with E-state index in [1.165, 1.54) is 6.42 Å². The summed E-state index contributed by atoms with van der Waals surface area (Å²) >= 11 is 20.1. The van der Waals surface area contributed by atoms with Gasteiger partial charge in [-0.1, -0.05) is 60.1 Å². The fourth-order valence-corrected chi connectivity index (χ4v) is 5.52. The summed E-state index contributed by atoms with van der Waals surface area (Å²) in [5, 5.41) is 4.89. The Morgan fingerprint density at radius 3 is 2.38 bits per heavy atom. The second kappa shape index (κ2) is 13.6.